The van der Waals surface area contributed by atoms with Crippen LogP contribution in [0.1, 0.15) is 17.0 Å². The van der Waals surface area contributed by atoms with Crippen molar-refractivity contribution in [3.05, 3.63) is 53.5 Å². The van der Waals surface area contributed by atoms with Gasteiger partial charge in [-0.2, -0.15) is 0 Å². The Hall–Kier alpha value is -1.90. The number of hydrogen-bond donors (Lipinski definition) is 0. The van der Waals surface area contributed by atoms with Gasteiger partial charge >= 0.3 is 0 Å². The summed E-state index contributed by atoms with van der Waals surface area (Å²) in [6.07, 6.45) is 1.66. The van der Waals surface area contributed by atoms with E-state index in [4.69, 9.17) is 4.74 Å². The molecular formula is C13H14N2O. The molecule has 0 aliphatic heterocycles. The van der Waals surface area contributed by atoms with E-state index >= 15 is 0 Å². The van der Waals surface area contributed by atoms with Crippen molar-refractivity contribution in [2.45, 2.75) is 20.5 Å². The second-order valence-electron chi connectivity index (χ2n) is 3.65. The predicted molar refractivity (Wildman–Crippen MR) is 62.3 cm³/mol. The minimum atomic E-state index is 0.526. The Balaban J connectivity index is 2.03. The molecule has 3 nitrogen and oxygen atoms in total. The molecule has 82 valence electrons. The fourth-order valence-electron chi connectivity index (χ4n) is 1.32. The van der Waals surface area contributed by atoms with Crippen molar-refractivity contribution >= 4 is 0 Å². The highest BCUT2D eigenvalue weighted by Gasteiger charge is 2.00. The Kier molecular flexibility index (Phi) is 3.15. The maximum atomic E-state index is 5.55. The lowest BCUT2D eigenvalue weighted by molar-refractivity contribution is 0.291. The topological polar surface area (TPSA) is 35.0 Å². The summed E-state index contributed by atoms with van der Waals surface area (Å²) in [5, 5.41) is 0. The second kappa shape index (κ2) is 4.75. The maximum absolute atomic E-state index is 5.55. The highest BCUT2D eigenvalue weighted by atomic mass is 16.5. The van der Waals surface area contributed by atoms with Gasteiger partial charge in [0.1, 0.15) is 6.61 Å². The van der Waals surface area contributed by atoms with Crippen LogP contribution in [0.15, 0.2) is 36.5 Å². The van der Waals surface area contributed by atoms with E-state index in [1.165, 1.54) is 0 Å². The van der Waals surface area contributed by atoms with Gasteiger partial charge in [-0.1, -0.05) is 30.3 Å². The third-order valence-electron chi connectivity index (χ3n) is 2.40. The molecule has 0 saturated carbocycles. The molecule has 0 saturated heterocycles. The first-order chi connectivity index (χ1) is 7.75. The van der Waals surface area contributed by atoms with Gasteiger partial charge in [0, 0.05) is 0 Å². The van der Waals surface area contributed by atoms with Crippen molar-refractivity contribution in [3.8, 4) is 5.88 Å². The highest BCUT2D eigenvalue weighted by molar-refractivity contribution is 5.17. The van der Waals surface area contributed by atoms with Crippen LogP contribution in [0.5, 0.6) is 5.88 Å². The van der Waals surface area contributed by atoms with Crippen LogP contribution in [0.25, 0.3) is 0 Å². The van der Waals surface area contributed by atoms with Crippen LogP contribution in [0.2, 0.25) is 0 Å². The van der Waals surface area contributed by atoms with Crippen LogP contribution in [-0.2, 0) is 6.61 Å². The van der Waals surface area contributed by atoms with E-state index in [-0.39, 0.29) is 0 Å². The van der Waals surface area contributed by atoms with Crippen LogP contribution in [0.4, 0.5) is 0 Å². The first-order valence-corrected chi connectivity index (χ1v) is 5.22. The Morgan fingerprint density at radius 2 is 1.81 bits per heavy atom. The fourth-order valence-corrected chi connectivity index (χ4v) is 1.32. The normalized spacial score (nSPS) is 10.1. The summed E-state index contributed by atoms with van der Waals surface area (Å²) in [6, 6.07) is 10.0. The molecular weight excluding hydrogens is 200 g/mol. The zero-order valence-electron chi connectivity index (χ0n) is 9.47. The van der Waals surface area contributed by atoms with Crippen LogP contribution in [0, 0.1) is 13.8 Å². The molecule has 1 aromatic heterocycles. The van der Waals surface area contributed by atoms with Crippen molar-refractivity contribution < 1.29 is 4.74 Å². The van der Waals surface area contributed by atoms with Gasteiger partial charge in [0.25, 0.3) is 0 Å². The summed E-state index contributed by atoms with van der Waals surface area (Å²) >= 11 is 0. The molecule has 0 radical (unpaired) electrons. The van der Waals surface area contributed by atoms with E-state index in [2.05, 4.69) is 9.97 Å². The van der Waals surface area contributed by atoms with Gasteiger partial charge in [0.05, 0.1) is 17.6 Å². The monoisotopic (exact) mass is 214 g/mol. The fraction of sp³-hybridized carbons (Fsp3) is 0.231. The summed E-state index contributed by atoms with van der Waals surface area (Å²) in [5.74, 6) is 0.576. The average molecular weight is 214 g/mol. The summed E-state index contributed by atoms with van der Waals surface area (Å²) in [7, 11) is 0. The van der Waals surface area contributed by atoms with Crippen LogP contribution < -0.4 is 4.74 Å². The molecule has 0 spiro atoms. The largest absolute Gasteiger partial charge is 0.472 e. The van der Waals surface area contributed by atoms with E-state index in [0.717, 1.165) is 17.0 Å². The van der Waals surface area contributed by atoms with E-state index in [9.17, 15) is 0 Å². The number of benzene rings is 1. The van der Waals surface area contributed by atoms with Gasteiger partial charge in [-0.3, -0.25) is 4.98 Å². The lowest BCUT2D eigenvalue weighted by Gasteiger charge is -2.06. The van der Waals surface area contributed by atoms with Crippen LogP contribution >= 0.6 is 0 Å². The molecule has 0 fully saturated rings. The Morgan fingerprint density at radius 3 is 2.50 bits per heavy atom. The average Bonchev–Trinajstić information content (AvgIpc) is 2.32. The SMILES string of the molecule is Cc1ncc(OCc2ccccc2)nc1C. The van der Waals surface area contributed by atoms with Gasteiger partial charge in [-0.15, -0.1) is 0 Å². The lowest BCUT2D eigenvalue weighted by atomic mass is 10.2. The quantitative estimate of drug-likeness (QED) is 0.787. The molecule has 2 rings (SSSR count). The van der Waals surface area contributed by atoms with Gasteiger partial charge in [0.15, 0.2) is 0 Å². The molecule has 0 aliphatic carbocycles. The molecule has 0 aliphatic rings. The zero-order chi connectivity index (χ0) is 11.4. The van der Waals surface area contributed by atoms with Crippen molar-refractivity contribution in [3.63, 3.8) is 0 Å². The van der Waals surface area contributed by atoms with E-state index in [0.29, 0.717) is 12.5 Å². The first-order valence-electron chi connectivity index (χ1n) is 5.22. The van der Waals surface area contributed by atoms with Crippen LogP contribution in [-0.4, -0.2) is 9.97 Å². The minimum Gasteiger partial charge on any atom is -0.472 e. The second-order valence-corrected chi connectivity index (χ2v) is 3.65. The Labute approximate surface area is 95.1 Å². The van der Waals surface area contributed by atoms with Crippen molar-refractivity contribution in [1.82, 2.24) is 9.97 Å². The molecule has 0 bridgehead atoms. The summed E-state index contributed by atoms with van der Waals surface area (Å²) in [6.45, 7) is 4.39. The maximum Gasteiger partial charge on any atom is 0.232 e. The third-order valence-corrected chi connectivity index (χ3v) is 2.40. The lowest BCUT2D eigenvalue weighted by Crippen LogP contribution is -2.00. The van der Waals surface area contributed by atoms with Crippen molar-refractivity contribution in [1.29, 1.82) is 0 Å². The first kappa shape index (κ1) is 10.6. The summed E-state index contributed by atoms with van der Waals surface area (Å²) < 4.78 is 5.55. The van der Waals surface area contributed by atoms with Gasteiger partial charge in [-0.05, 0) is 19.4 Å². The Bertz CT molecular complexity index is 469. The van der Waals surface area contributed by atoms with E-state index in [1.807, 2.05) is 44.2 Å². The standard InChI is InChI=1S/C13H14N2O/c1-10-11(2)15-13(8-14-10)16-9-12-6-4-3-5-7-12/h3-8H,9H2,1-2H3. The molecule has 16 heavy (non-hydrogen) atoms. The van der Waals surface area contributed by atoms with Crippen molar-refractivity contribution in [2.75, 3.05) is 0 Å². The summed E-state index contributed by atoms with van der Waals surface area (Å²) in [5.41, 5.74) is 2.97. The smallest absolute Gasteiger partial charge is 0.232 e. The zero-order valence-corrected chi connectivity index (χ0v) is 9.47. The minimum absolute atomic E-state index is 0.526. The molecule has 0 amide bonds. The summed E-state index contributed by atoms with van der Waals surface area (Å²) in [4.78, 5) is 8.51. The number of aryl methyl sites for hydroxylation is 2. The number of aromatic nitrogens is 2. The molecule has 3 heteroatoms. The molecule has 1 heterocycles. The molecule has 0 unspecified atom stereocenters. The van der Waals surface area contributed by atoms with Gasteiger partial charge in [-0.25, -0.2) is 4.98 Å². The number of ether oxygens (including phenoxy) is 1. The van der Waals surface area contributed by atoms with Gasteiger partial charge in [0.2, 0.25) is 5.88 Å². The molecule has 2 aromatic rings. The van der Waals surface area contributed by atoms with E-state index in [1.54, 1.807) is 6.20 Å². The number of rotatable bonds is 3. The molecule has 0 atom stereocenters. The third kappa shape index (κ3) is 2.57. The Morgan fingerprint density at radius 1 is 1.06 bits per heavy atom. The van der Waals surface area contributed by atoms with Gasteiger partial charge < -0.3 is 4.74 Å². The van der Waals surface area contributed by atoms with Crippen LogP contribution in [0.3, 0.4) is 0 Å². The predicted octanol–water partition coefficient (Wildman–Crippen LogP) is 2.67. The molecule has 0 N–H and O–H groups in total. The number of hydrogen-bond acceptors (Lipinski definition) is 3. The highest BCUT2D eigenvalue weighted by Crippen LogP contribution is 2.10. The van der Waals surface area contributed by atoms with E-state index < -0.39 is 0 Å². The van der Waals surface area contributed by atoms with Crippen molar-refractivity contribution in [2.24, 2.45) is 0 Å². The number of nitrogens with zero attached hydrogens (tertiary/aromatic N) is 2. The molecule has 1 aromatic carbocycles.